The Balaban J connectivity index is 2.52. The van der Waals surface area contributed by atoms with Gasteiger partial charge in [0.2, 0.25) is 0 Å². The Morgan fingerprint density at radius 1 is 1.10 bits per heavy atom. The van der Waals surface area contributed by atoms with Gasteiger partial charge in [-0.15, -0.1) is 0 Å². The highest BCUT2D eigenvalue weighted by atomic mass is 79.9. The number of hydrazine groups is 1. The molecular formula is C13H9Br2ClF2N2. The van der Waals surface area contributed by atoms with Crippen molar-refractivity contribution in [3.8, 4) is 0 Å². The fourth-order valence-electron chi connectivity index (χ4n) is 1.82. The Morgan fingerprint density at radius 3 is 2.35 bits per heavy atom. The molecule has 106 valence electrons. The average Bonchev–Trinajstić information content (AvgIpc) is 2.43. The third-order valence-corrected chi connectivity index (χ3v) is 4.72. The summed E-state index contributed by atoms with van der Waals surface area (Å²) in [4.78, 5) is 0. The molecule has 0 radical (unpaired) electrons. The van der Waals surface area contributed by atoms with Crippen LogP contribution in [0.5, 0.6) is 0 Å². The first-order chi connectivity index (χ1) is 9.45. The number of benzene rings is 2. The van der Waals surface area contributed by atoms with E-state index in [2.05, 4.69) is 37.3 Å². The van der Waals surface area contributed by atoms with Crippen LogP contribution in [-0.4, -0.2) is 0 Å². The number of halogens is 5. The van der Waals surface area contributed by atoms with Crippen LogP contribution in [0.25, 0.3) is 0 Å². The normalized spacial score (nSPS) is 12.5. The maximum absolute atomic E-state index is 14.2. The van der Waals surface area contributed by atoms with Crippen LogP contribution in [0.2, 0.25) is 5.02 Å². The molecule has 0 aliphatic carbocycles. The lowest BCUT2D eigenvalue weighted by molar-refractivity contribution is 0.555. The quantitative estimate of drug-likeness (QED) is 0.424. The summed E-state index contributed by atoms with van der Waals surface area (Å²) >= 11 is 12.1. The average molecular weight is 426 g/mol. The van der Waals surface area contributed by atoms with E-state index < -0.39 is 17.7 Å². The van der Waals surface area contributed by atoms with Crippen molar-refractivity contribution < 1.29 is 8.78 Å². The standard InChI is InChI=1S/C13H9Br2ClF2N2/c14-8-3-1-6(5-10(8)17)13(20-19)7-2-4-9(15)11(16)12(7)18/h1-5,13,20H,19H2. The van der Waals surface area contributed by atoms with Crippen molar-refractivity contribution in [1.82, 2.24) is 5.43 Å². The highest BCUT2D eigenvalue weighted by Crippen LogP contribution is 2.33. The predicted octanol–water partition coefficient (Wildman–Crippen LogP) is 4.70. The third-order valence-electron chi connectivity index (χ3n) is 2.82. The van der Waals surface area contributed by atoms with Gasteiger partial charge in [-0.1, -0.05) is 23.7 Å². The second-order valence-electron chi connectivity index (χ2n) is 4.04. The van der Waals surface area contributed by atoms with Crippen molar-refractivity contribution in [2.24, 2.45) is 5.84 Å². The van der Waals surface area contributed by atoms with Gasteiger partial charge in [-0.25, -0.2) is 14.2 Å². The van der Waals surface area contributed by atoms with E-state index >= 15 is 0 Å². The van der Waals surface area contributed by atoms with Crippen LogP contribution in [0.3, 0.4) is 0 Å². The van der Waals surface area contributed by atoms with Crippen molar-refractivity contribution in [1.29, 1.82) is 0 Å². The number of nitrogens with one attached hydrogen (secondary N) is 1. The van der Waals surface area contributed by atoms with E-state index in [1.165, 1.54) is 18.2 Å². The van der Waals surface area contributed by atoms with Crippen LogP contribution in [0.15, 0.2) is 39.3 Å². The molecule has 0 aliphatic rings. The third kappa shape index (κ3) is 3.04. The number of hydrogen-bond acceptors (Lipinski definition) is 2. The van der Waals surface area contributed by atoms with Crippen molar-refractivity contribution >= 4 is 43.5 Å². The van der Waals surface area contributed by atoms with Crippen LogP contribution in [0, 0.1) is 11.6 Å². The number of hydrogen-bond donors (Lipinski definition) is 2. The number of nitrogens with two attached hydrogens (primary N) is 1. The van der Waals surface area contributed by atoms with E-state index in [1.54, 1.807) is 12.1 Å². The van der Waals surface area contributed by atoms with E-state index in [-0.39, 0.29) is 10.6 Å². The zero-order valence-corrected chi connectivity index (χ0v) is 13.9. The molecule has 3 N–H and O–H groups in total. The molecule has 0 aromatic heterocycles. The highest BCUT2D eigenvalue weighted by molar-refractivity contribution is 9.10. The molecule has 2 aromatic carbocycles. The van der Waals surface area contributed by atoms with Crippen LogP contribution in [-0.2, 0) is 0 Å². The molecule has 2 nitrogen and oxygen atoms in total. The predicted molar refractivity (Wildman–Crippen MR) is 82.4 cm³/mol. The van der Waals surface area contributed by atoms with Gasteiger partial charge in [-0.2, -0.15) is 0 Å². The minimum atomic E-state index is -0.705. The van der Waals surface area contributed by atoms with Crippen LogP contribution in [0.4, 0.5) is 8.78 Å². The maximum atomic E-state index is 14.2. The minimum absolute atomic E-state index is 0.0414. The topological polar surface area (TPSA) is 38.0 Å². The summed E-state index contributed by atoms with van der Waals surface area (Å²) in [7, 11) is 0. The minimum Gasteiger partial charge on any atom is -0.271 e. The Hall–Kier alpha value is -0.530. The van der Waals surface area contributed by atoms with Crippen molar-refractivity contribution in [2.75, 3.05) is 0 Å². The van der Waals surface area contributed by atoms with E-state index in [4.69, 9.17) is 17.4 Å². The summed E-state index contributed by atoms with van der Waals surface area (Å²) in [6.45, 7) is 0. The molecule has 0 saturated heterocycles. The molecular weight excluding hydrogens is 417 g/mol. The van der Waals surface area contributed by atoms with Gasteiger partial charge in [0.15, 0.2) is 0 Å². The van der Waals surface area contributed by atoms with Gasteiger partial charge < -0.3 is 0 Å². The van der Waals surface area contributed by atoms with E-state index in [0.717, 1.165) is 0 Å². The Labute approximate surface area is 136 Å². The largest absolute Gasteiger partial charge is 0.271 e. The lowest BCUT2D eigenvalue weighted by Gasteiger charge is -2.18. The number of rotatable bonds is 3. The van der Waals surface area contributed by atoms with E-state index in [0.29, 0.717) is 14.5 Å². The van der Waals surface area contributed by atoms with Gasteiger partial charge >= 0.3 is 0 Å². The molecule has 0 fully saturated rings. The Bertz CT molecular complexity index is 653. The summed E-state index contributed by atoms with van der Waals surface area (Å²) in [5, 5.41) is -0.0414. The molecule has 0 spiro atoms. The monoisotopic (exact) mass is 424 g/mol. The van der Waals surface area contributed by atoms with Gasteiger partial charge in [0.25, 0.3) is 0 Å². The molecule has 1 atom stereocenters. The lowest BCUT2D eigenvalue weighted by Crippen LogP contribution is -2.29. The van der Waals surface area contributed by atoms with Gasteiger partial charge in [-0.3, -0.25) is 5.84 Å². The Kier molecular flexibility index (Phi) is 5.14. The molecule has 0 amide bonds. The first-order valence-corrected chi connectivity index (χ1v) is 7.46. The first kappa shape index (κ1) is 15.9. The molecule has 2 aromatic rings. The molecule has 0 bridgehead atoms. The van der Waals surface area contributed by atoms with E-state index in [9.17, 15) is 8.78 Å². The van der Waals surface area contributed by atoms with Gasteiger partial charge in [-0.05, 0) is 55.6 Å². The van der Waals surface area contributed by atoms with Gasteiger partial charge in [0.1, 0.15) is 11.6 Å². The molecule has 7 heteroatoms. The summed E-state index contributed by atoms with van der Waals surface area (Å²) in [6.07, 6.45) is 0. The zero-order valence-electron chi connectivity index (χ0n) is 9.93. The van der Waals surface area contributed by atoms with Gasteiger partial charge in [0.05, 0.1) is 15.5 Å². The second kappa shape index (κ2) is 6.49. The first-order valence-electron chi connectivity index (χ1n) is 5.50. The van der Waals surface area contributed by atoms with Gasteiger partial charge in [0, 0.05) is 10.0 Å². The molecule has 20 heavy (non-hydrogen) atoms. The maximum Gasteiger partial charge on any atom is 0.148 e. The summed E-state index contributed by atoms with van der Waals surface area (Å²) in [5.74, 6) is 4.42. The van der Waals surface area contributed by atoms with Crippen LogP contribution >= 0.6 is 43.5 Å². The smallest absolute Gasteiger partial charge is 0.148 e. The molecule has 0 heterocycles. The van der Waals surface area contributed by atoms with Crippen molar-refractivity contribution in [3.05, 3.63) is 67.1 Å². The van der Waals surface area contributed by atoms with Crippen molar-refractivity contribution in [3.63, 3.8) is 0 Å². The van der Waals surface area contributed by atoms with E-state index in [1.807, 2.05) is 0 Å². The lowest BCUT2D eigenvalue weighted by atomic mass is 9.99. The summed E-state index contributed by atoms with van der Waals surface area (Å²) in [5.41, 5.74) is 3.20. The Morgan fingerprint density at radius 2 is 1.75 bits per heavy atom. The van der Waals surface area contributed by atoms with Crippen LogP contribution < -0.4 is 11.3 Å². The summed E-state index contributed by atoms with van der Waals surface area (Å²) < 4.78 is 28.6. The SMILES string of the molecule is NNC(c1ccc(Br)c(F)c1)c1ccc(Br)c(Cl)c1F. The van der Waals surface area contributed by atoms with Crippen LogP contribution in [0.1, 0.15) is 17.2 Å². The summed E-state index contributed by atoms with van der Waals surface area (Å²) in [6, 6.07) is 6.91. The fourth-order valence-corrected chi connectivity index (χ4v) is 2.55. The fraction of sp³-hybridized carbons (Fsp3) is 0.0769. The molecule has 1 unspecified atom stereocenters. The second-order valence-corrected chi connectivity index (χ2v) is 6.12. The molecule has 0 aliphatic heterocycles. The molecule has 0 saturated carbocycles. The zero-order chi connectivity index (χ0) is 14.9. The molecule has 2 rings (SSSR count). The highest BCUT2D eigenvalue weighted by Gasteiger charge is 2.20. The van der Waals surface area contributed by atoms with Crippen molar-refractivity contribution in [2.45, 2.75) is 6.04 Å².